The van der Waals surface area contributed by atoms with Gasteiger partial charge in [0.2, 0.25) is 11.8 Å². The zero-order valence-electron chi connectivity index (χ0n) is 14.8. The standard InChI is InChI=1S/C18H26N2O3/c1-11(2)16(17(22)19-18(3,4)5)20-14-8-7-13(23-6)9-12(14)10-15(20)21/h7-9,11,16H,10H2,1-6H3,(H,19,22). The van der Waals surface area contributed by atoms with E-state index in [1.807, 2.05) is 52.8 Å². The van der Waals surface area contributed by atoms with Gasteiger partial charge in [0, 0.05) is 11.2 Å². The van der Waals surface area contributed by atoms with Crippen LogP contribution in [0.15, 0.2) is 18.2 Å². The normalized spacial score (nSPS) is 15.6. The second-order valence-corrected chi connectivity index (χ2v) is 7.36. The van der Waals surface area contributed by atoms with E-state index < -0.39 is 6.04 Å². The third-order valence-electron chi connectivity index (χ3n) is 3.83. The molecule has 0 fully saturated rings. The molecule has 1 aromatic carbocycles. The van der Waals surface area contributed by atoms with Crippen LogP contribution < -0.4 is 15.0 Å². The lowest BCUT2D eigenvalue weighted by Crippen LogP contribution is -2.55. The summed E-state index contributed by atoms with van der Waals surface area (Å²) in [5.74, 6) is 0.563. The molecule has 1 N–H and O–H groups in total. The Kier molecular flexibility index (Phi) is 4.68. The first kappa shape index (κ1) is 17.3. The molecule has 0 spiro atoms. The Balaban J connectivity index is 2.38. The largest absolute Gasteiger partial charge is 0.497 e. The summed E-state index contributed by atoms with van der Waals surface area (Å²) >= 11 is 0. The molecule has 0 saturated heterocycles. The van der Waals surface area contributed by atoms with Crippen LogP contribution in [0.25, 0.3) is 0 Å². The molecular formula is C18H26N2O3. The second-order valence-electron chi connectivity index (χ2n) is 7.36. The summed E-state index contributed by atoms with van der Waals surface area (Å²) < 4.78 is 5.22. The van der Waals surface area contributed by atoms with Crippen molar-refractivity contribution in [2.24, 2.45) is 5.92 Å². The molecule has 2 rings (SSSR count). The van der Waals surface area contributed by atoms with Crippen LogP contribution in [0.1, 0.15) is 40.2 Å². The summed E-state index contributed by atoms with van der Waals surface area (Å²) in [4.78, 5) is 26.9. The third kappa shape index (κ3) is 3.66. The van der Waals surface area contributed by atoms with Gasteiger partial charge in [0.15, 0.2) is 0 Å². The summed E-state index contributed by atoms with van der Waals surface area (Å²) in [7, 11) is 1.60. The lowest BCUT2D eigenvalue weighted by molar-refractivity contribution is -0.128. The summed E-state index contributed by atoms with van der Waals surface area (Å²) in [6.07, 6.45) is 0.304. The molecule has 1 aliphatic heterocycles. The maximum absolute atomic E-state index is 12.7. The van der Waals surface area contributed by atoms with E-state index in [0.717, 1.165) is 17.0 Å². The van der Waals surface area contributed by atoms with Gasteiger partial charge in [0.05, 0.1) is 13.5 Å². The van der Waals surface area contributed by atoms with Crippen molar-refractivity contribution >= 4 is 17.5 Å². The summed E-state index contributed by atoms with van der Waals surface area (Å²) in [5.41, 5.74) is 1.37. The molecular weight excluding hydrogens is 292 g/mol. The van der Waals surface area contributed by atoms with E-state index in [1.165, 1.54) is 0 Å². The van der Waals surface area contributed by atoms with Crippen LogP contribution in [-0.2, 0) is 16.0 Å². The first-order chi connectivity index (χ1) is 10.6. The van der Waals surface area contributed by atoms with E-state index in [2.05, 4.69) is 5.32 Å². The molecule has 1 atom stereocenters. The van der Waals surface area contributed by atoms with Crippen molar-refractivity contribution in [1.82, 2.24) is 5.32 Å². The molecule has 0 saturated carbocycles. The number of nitrogens with zero attached hydrogens (tertiary/aromatic N) is 1. The molecule has 1 unspecified atom stereocenters. The summed E-state index contributed by atoms with van der Waals surface area (Å²) in [5, 5.41) is 2.99. The molecule has 2 amide bonds. The van der Waals surface area contributed by atoms with Gasteiger partial charge in [-0.05, 0) is 50.5 Å². The summed E-state index contributed by atoms with van der Waals surface area (Å²) in [6.45, 7) is 9.73. The van der Waals surface area contributed by atoms with Crippen LogP contribution in [0.3, 0.4) is 0 Å². The van der Waals surface area contributed by atoms with Gasteiger partial charge in [-0.2, -0.15) is 0 Å². The minimum absolute atomic E-state index is 0.00866. The SMILES string of the molecule is COc1ccc2c(c1)CC(=O)N2C(C(=O)NC(C)(C)C)C(C)C. The van der Waals surface area contributed by atoms with Crippen LogP contribution in [0.4, 0.5) is 5.69 Å². The van der Waals surface area contributed by atoms with Crippen molar-refractivity contribution in [3.63, 3.8) is 0 Å². The number of benzene rings is 1. The Bertz CT molecular complexity index is 617. The number of nitrogens with one attached hydrogen (secondary N) is 1. The van der Waals surface area contributed by atoms with Crippen LogP contribution in [0.5, 0.6) is 5.75 Å². The predicted octanol–water partition coefficient (Wildman–Crippen LogP) is 2.52. The Hall–Kier alpha value is -2.04. The number of methoxy groups -OCH3 is 1. The van der Waals surface area contributed by atoms with E-state index in [9.17, 15) is 9.59 Å². The minimum atomic E-state index is -0.517. The number of carbonyl (C=O) groups is 2. The quantitative estimate of drug-likeness (QED) is 0.928. The molecule has 126 valence electrons. The number of rotatable bonds is 4. The first-order valence-corrected chi connectivity index (χ1v) is 7.95. The van der Waals surface area contributed by atoms with Crippen molar-refractivity contribution in [3.05, 3.63) is 23.8 Å². The van der Waals surface area contributed by atoms with Gasteiger partial charge in [-0.1, -0.05) is 13.8 Å². The molecule has 0 aromatic heterocycles. The van der Waals surface area contributed by atoms with Crippen LogP contribution in [0.2, 0.25) is 0 Å². The number of amides is 2. The van der Waals surface area contributed by atoms with Gasteiger partial charge in [0.1, 0.15) is 11.8 Å². The molecule has 1 heterocycles. The van der Waals surface area contributed by atoms with E-state index in [0.29, 0.717) is 6.42 Å². The Morgan fingerprint density at radius 1 is 1.30 bits per heavy atom. The lowest BCUT2D eigenvalue weighted by atomic mass is 9.99. The monoisotopic (exact) mass is 318 g/mol. The molecule has 1 aliphatic rings. The fourth-order valence-corrected chi connectivity index (χ4v) is 2.91. The number of carbonyl (C=O) groups excluding carboxylic acids is 2. The van der Waals surface area contributed by atoms with Gasteiger partial charge in [-0.3, -0.25) is 14.5 Å². The average molecular weight is 318 g/mol. The van der Waals surface area contributed by atoms with Crippen LogP contribution >= 0.6 is 0 Å². The first-order valence-electron chi connectivity index (χ1n) is 7.95. The number of ether oxygens (including phenoxy) is 1. The van der Waals surface area contributed by atoms with Gasteiger partial charge in [0.25, 0.3) is 0 Å². The highest BCUT2D eigenvalue weighted by Gasteiger charge is 2.39. The van der Waals surface area contributed by atoms with Crippen molar-refractivity contribution in [1.29, 1.82) is 0 Å². The Morgan fingerprint density at radius 2 is 1.96 bits per heavy atom. The van der Waals surface area contributed by atoms with Gasteiger partial charge in [-0.15, -0.1) is 0 Å². The average Bonchev–Trinajstić information content (AvgIpc) is 2.72. The predicted molar refractivity (Wildman–Crippen MR) is 90.7 cm³/mol. The molecule has 0 radical (unpaired) electrons. The lowest BCUT2D eigenvalue weighted by Gasteiger charge is -2.33. The Labute approximate surface area is 138 Å². The minimum Gasteiger partial charge on any atom is -0.497 e. The van der Waals surface area contributed by atoms with Crippen molar-refractivity contribution in [3.8, 4) is 5.75 Å². The summed E-state index contributed by atoms with van der Waals surface area (Å²) in [6, 6.07) is 5.03. The highest BCUT2D eigenvalue weighted by molar-refractivity contribution is 6.06. The zero-order valence-corrected chi connectivity index (χ0v) is 14.8. The van der Waals surface area contributed by atoms with Gasteiger partial charge < -0.3 is 10.1 Å². The van der Waals surface area contributed by atoms with E-state index >= 15 is 0 Å². The van der Waals surface area contributed by atoms with Crippen molar-refractivity contribution in [2.45, 2.75) is 52.6 Å². The molecule has 1 aromatic rings. The van der Waals surface area contributed by atoms with Gasteiger partial charge >= 0.3 is 0 Å². The molecule has 5 nitrogen and oxygen atoms in total. The van der Waals surface area contributed by atoms with Crippen LogP contribution in [0, 0.1) is 5.92 Å². The maximum Gasteiger partial charge on any atom is 0.243 e. The van der Waals surface area contributed by atoms with Crippen molar-refractivity contribution < 1.29 is 14.3 Å². The zero-order chi connectivity index (χ0) is 17.4. The molecule has 23 heavy (non-hydrogen) atoms. The number of anilines is 1. The topological polar surface area (TPSA) is 58.6 Å². The number of hydrogen-bond donors (Lipinski definition) is 1. The van der Waals surface area contributed by atoms with Crippen molar-refractivity contribution in [2.75, 3.05) is 12.0 Å². The van der Waals surface area contributed by atoms with E-state index in [4.69, 9.17) is 4.74 Å². The Morgan fingerprint density at radius 3 is 2.48 bits per heavy atom. The highest BCUT2D eigenvalue weighted by atomic mass is 16.5. The molecule has 0 aliphatic carbocycles. The highest BCUT2D eigenvalue weighted by Crippen LogP contribution is 2.35. The smallest absolute Gasteiger partial charge is 0.243 e. The third-order valence-corrected chi connectivity index (χ3v) is 3.83. The van der Waals surface area contributed by atoms with Gasteiger partial charge in [-0.25, -0.2) is 0 Å². The van der Waals surface area contributed by atoms with E-state index in [1.54, 1.807) is 12.0 Å². The fourth-order valence-electron chi connectivity index (χ4n) is 2.91. The number of hydrogen-bond acceptors (Lipinski definition) is 3. The molecule has 0 bridgehead atoms. The van der Waals surface area contributed by atoms with Crippen LogP contribution in [-0.4, -0.2) is 30.5 Å². The number of fused-ring (bicyclic) bond motifs is 1. The van der Waals surface area contributed by atoms with E-state index in [-0.39, 0.29) is 23.3 Å². The fraction of sp³-hybridized carbons (Fsp3) is 0.556. The molecule has 5 heteroatoms. The maximum atomic E-state index is 12.7. The second kappa shape index (κ2) is 6.22.